The number of hydrogen-bond donors (Lipinski definition) is 1. The van der Waals surface area contributed by atoms with Gasteiger partial charge in [-0.05, 0) is 6.42 Å². The summed E-state index contributed by atoms with van der Waals surface area (Å²) in [6.07, 6.45) is 2.69. The molecule has 20 heavy (non-hydrogen) atoms. The molecule has 0 unspecified atom stereocenters. The number of ether oxygens (including phenoxy) is 1. The van der Waals surface area contributed by atoms with Gasteiger partial charge in [0.25, 0.3) is 0 Å². The predicted octanol–water partition coefficient (Wildman–Crippen LogP) is 3.60. The van der Waals surface area contributed by atoms with E-state index in [2.05, 4.69) is 16.7 Å². The molecule has 0 aromatic rings. The third kappa shape index (κ3) is 4.94. The summed E-state index contributed by atoms with van der Waals surface area (Å²) in [5, 5.41) is 9.21. The number of unbranched alkanes of at least 4 members (excludes halogenated alkanes) is 2. The van der Waals surface area contributed by atoms with E-state index in [9.17, 15) is 9.90 Å². The van der Waals surface area contributed by atoms with Crippen LogP contribution in [0.1, 0.15) is 60.3 Å². The highest BCUT2D eigenvalue weighted by molar-refractivity contribution is 5.57. The minimum Gasteiger partial charge on any atom is -0.450 e. The molecule has 5 heteroatoms. The van der Waals surface area contributed by atoms with E-state index in [1.54, 1.807) is 0 Å². The minimum absolute atomic E-state index is 0.719. The van der Waals surface area contributed by atoms with Crippen molar-refractivity contribution in [2.75, 3.05) is 26.2 Å². The standard InChI is InChI=1S/C15H32N2O3/c1-6-11-12-13-15(20-14(18)19,16(7-2)8-3)17(9-4)10-5/h6-13H2,1-5H3,(H,18,19). The molecule has 0 bridgehead atoms. The van der Waals surface area contributed by atoms with Crippen LogP contribution in [0.4, 0.5) is 4.79 Å². The zero-order valence-corrected chi connectivity index (χ0v) is 13.8. The summed E-state index contributed by atoms with van der Waals surface area (Å²) in [5.74, 6) is -0.825. The first-order chi connectivity index (χ1) is 9.52. The van der Waals surface area contributed by atoms with E-state index < -0.39 is 12.0 Å². The predicted molar refractivity (Wildman–Crippen MR) is 81.8 cm³/mol. The van der Waals surface area contributed by atoms with Crippen LogP contribution in [0, 0.1) is 0 Å². The van der Waals surface area contributed by atoms with Crippen molar-refractivity contribution in [2.45, 2.75) is 66.2 Å². The van der Waals surface area contributed by atoms with Gasteiger partial charge in [-0.1, -0.05) is 47.5 Å². The molecule has 0 aliphatic rings. The molecule has 0 radical (unpaired) electrons. The Morgan fingerprint density at radius 2 is 1.40 bits per heavy atom. The summed E-state index contributed by atoms with van der Waals surface area (Å²) in [6, 6.07) is 0. The molecule has 1 N–H and O–H groups in total. The monoisotopic (exact) mass is 288 g/mol. The van der Waals surface area contributed by atoms with Crippen molar-refractivity contribution < 1.29 is 14.6 Å². The minimum atomic E-state index is -1.19. The second-order valence-corrected chi connectivity index (χ2v) is 4.91. The summed E-state index contributed by atoms with van der Waals surface area (Å²) < 4.78 is 5.44. The second kappa shape index (κ2) is 10.00. The first-order valence-corrected chi connectivity index (χ1v) is 7.94. The Bertz CT molecular complexity index is 252. The van der Waals surface area contributed by atoms with E-state index in [-0.39, 0.29) is 0 Å². The third-order valence-corrected chi connectivity index (χ3v) is 3.87. The Labute approximate surface area is 123 Å². The van der Waals surface area contributed by atoms with Gasteiger partial charge >= 0.3 is 6.16 Å². The third-order valence-electron chi connectivity index (χ3n) is 3.87. The van der Waals surface area contributed by atoms with Gasteiger partial charge in [0.05, 0.1) is 0 Å². The Morgan fingerprint density at radius 1 is 0.950 bits per heavy atom. The molecule has 0 amide bonds. The van der Waals surface area contributed by atoms with Crippen LogP contribution < -0.4 is 0 Å². The largest absolute Gasteiger partial charge is 0.508 e. The zero-order chi connectivity index (χ0) is 15.6. The normalized spacial score (nSPS) is 12.2. The van der Waals surface area contributed by atoms with Gasteiger partial charge in [0.2, 0.25) is 5.85 Å². The number of carbonyl (C=O) groups is 1. The maximum Gasteiger partial charge on any atom is 0.508 e. The van der Waals surface area contributed by atoms with Crippen LogP contribution >= 0.6 is 0 Å². The molecule has 0 atom stereocenters. The molecule has 0 aromatic carbocycles. The fourth-order valence-corrected chi connectivity index (χ4v) is 2.88. The van der Waals surface area contributed by atoms with E-state index in [1.807, 2.05) is 27.7 Å². The van der Waals surface area contributed by atoms with E-state index in [0.717, 1.165) is 51.9 Å². The Hall–Kier alpha value is -0.810. The molecule has 0 aromatic heterocycles. The van der Waals surface area contributed by atoms with Crippen LogP contribution in [0.25, 0.3) is 0 Å². The molecule has 0 spiro atoms. The lowest BCUT2D eigenvalue weighted by molar-refractivity contribution is -0.223. The van der Waals surface area contributed by atoms with Crippen molar-refractivity contribution in [3.63, 3.8) is 0 Å². The van der Waals surface area contributed by atoms with Crippen LogP contribution in [-0.4, -0.2) is 53.1 Å². The second-order valence-electron chi connectivity index (χ2n) is 4.91. The summed E-state index contributed by atoms with van der Waals surface area (Å²) in [5.41, 5.74) is 0. The molecule has 0 saturated heterocycles. The first kappa shape index (κ1) is 19.2. The lowest BCUT2D eigenvalue weighted by Gasteiger charge is -2.48. The Balaban J connectivity index is 5.41. The molecular formula is C15H32N2O3. The van der Waals surface area contributed by atoms with E-state index in [4.69, 9.17) is 4.74 Å². The molecule has 5 nitrogen and oxygen atoms in total. The number of nitrogens with zero attached hydrogens (tertiary/aromatic N) is 2. The molecule has 0 rings (SSSR count). The summed E-state index contributed by atoms with van der Waals surface area (Å²) in [4.78, 5) is 15.5. The number of rotatable bonds is 11. The fourth-order valence-electron chi connectivity index (χ4n) is 2.88. The van der Waals surface area contributed by atoms with Crippen molar-refractivity contribution >= 4 is 6.16 Å². The van der Waals surface area contributed by atoms with Gasteiger partial charge in [0.1, 0.15) is 0 Å². The van der Waals surface area contributed by atoms with Gasteiger partial charge in [-0.3, -0.25) is 9.80 Å². The van der Waals surface area contributed by atoms with Gasteiger partial charge in [-0.2, -0.15) is 0 Å². The van der Waals surface area contributed by atoms with Gasteiger partial charge in [-0.15, -0.1) is 0 Å². The Morgan fingerprint density at radius 3 is 1.70 bits per heavy atom. The SMILES string of the molecule is CCCCCC(OC(=O)O)(N(CC)CC)N(CC)CC. The summed E-state index contributed by atoms with van der Waals surface area (Å²) >= 11 is 0. The van der Waals surface area contributed by atoms with Crippen LogP contribution in [0.3, 0.4) is 0 Å². The molecule has 120 valence electrons. The number of hydrogen-bond acceptors (Lipinski definition) is 4. The van der Waals surface area contributed by atoms with Crippen molar-refractivity contribution in [1.29, 1.82) is 0 Å². The Kier molecular flexibility index (Phi) is 9.59. The fraction of sp³-hybridized carbons (Fsp3) is 0.933. The molecule has 0 saturated carbocycles. The van der Waals surface area contributed by atoms with E-state index >= 15 is 0 Å². The topological polar surface area (TPSA) is 53.0 Å². The average Bonchev–Trinajstić information content (AvgIpc) is 2.40. The van der Waals surface area contributed by atoms with Crippen molar-refractivity contribution in [3.05, 3.63) is 0 Å². The highest BCUT2D eigenvalue weighted by Gasteiger charge is 2.43. The van der Waals surface area contributed by atoms with Gasteiger partial charge < -0.3 is 9.84 Å². The maximum atomic E-state index is 11.2. The molecular weight excluding hydrogens is 256 g/mol. The van der Waals surface area contributed by atoms with E-state index in [0.29, 0.717) is 0 Å². The van der Waals surface area contributed by atoms with Crippen molar-refractivity contribution in [1.82, 2.24) is 9.80 Å². The molecule has 0 aliphatic carbocycles. The highest BCUT2D eigenvalue weighted by atomic mass is 16.7. The van der Waals surface area contributed by atoms with Crippen LogP contribution in [0.5, 0.6) is 0 Å². The molecule has 0 aliphatic heterocycles. The average molecular weight is 288 g/mol. The molecule has 0 fully saturated rings. The highest BCUT2D eigenvalue weighted by Crippen LogP contribution is 2.29. The zero-order valence-electron chi connectivity index (χ0n) is 13.8. The van der Waals surface area contributed by atoms with Gasteiger partial charge in [0.15, 0.2) is 0 Å². The van der Waals surface area contributed by atoms with Gasteiger partial charge in [0, 0.05) is 32.6 Å². The van der Waals surface area contributed by atoms with Crippen LogP contribution in [0.15, 0.2) is 0 Å². The summed E-state index contributed by atoms with van der Waals surface area (Å²) in [6.45, 7) is 13.4. The number of carboxylic acid groups (broad SMARTS) is 1. The molecule has 0 heterocycles. The lowest BCUT2D eigenvalue weighted by atomic mass is 10.1. The summed E-state index contributed by atoms with van der Waals surface area (Å²) in [7, 11) is 0. The van der Waals surface area contributed by atoms with Crippen molar-refractivity contribution in [3.8, 4) is 0 Å². The maximum absolute atomic E-state index is 11.2. The van der Waals surface area contributed by atoms with E-state index in [1.165, 1.54) is 0 Å². The quantitative estimate of drug-likeness (QED) is 0.358. The smallest absolute Gasteiger partial charge is 0.450 e. The van der Waals surface area contributed by atoms with Gasteiger partial charge in [-0.25, -0.2) is 4.79 Å². The lowest BCUT2D eigenvalue weighted by Crippen LogP contribution is -2.63. The first-order valence-electron chi connectivity index (χ1n) is 7.94. The van der Waals surface area contributed by atoms with Crippen LogP contribution in [0.2, 0.25) is 0 Å². The van der Waals surface area contributed by atoms with Crippen molar-refractivity contribution in [2.24, 2.45) is 0 Å². The van der Waals surface area contributed by atoms with Crippen LogP contribution in [-0.2, 0) is 4.74 Å².